The lowest BCUT2D eigenvalue weighted by atomic mass is 10.1. The van der Waals surface area contributed by atoms with Gasteiger partial charge in [-0.2, -0.15) is 5.10 Å². The van der Waals surface area contributed by atoms with Crippen LogP contribution >= 0.6 is 0 Å². The summed E-state index contributed by atoms with van der Waals surface area (Å²) in [6, 6.07) is 0.267. The molecule has 1 N–H and O–H groups in total. The maximum absolute atomic E-state index is 5.43. The third kappa shape index (κ3) is 4.51. The first-order valence-corrected chi connectivity index (χ1v) is 7.19. The zero-order chi connectivity index (χ0) is 14.1. The van der Waals surface area contributed by atoms with Crippen molar-refractivity contribution in [3.8, 4) is 5.75 Å². The number of nitrogens with zero attached hydrogens (tertiary/aromatic N) is 2. The van der Waals surface area contributed by atoms with Gasteiger partial charge in [-0.1, -0.05) is 6.92 Å². The quantitative estimate of drug-likeness (QED) is 0.663. The SMILES string of the molecule is CCNC(CCCOCC)c1c(OC)cnn1CC. The summed E-state index contributed by atoms with van der Waals surface area (Å²) >= 11 is 0. The Hall–Kier alpha value is -1.07. The molecule has 0 amide bonds. The van der Waals surface area contributed by atoms with Crippen molar-refractivity contribution in [2.75, 3.05) is 26.9 Å². The van der Waals surface area contributed by atoms with Crippen LogP contribution in [0.5, 0.6) is 5.75 Å². The van der Waals surface area contributed by atoms with E-state index < -0.39 is 0 Å². The van der Waals surface area contributed by atoms with Crippen LogP contribution in [0.1, 0.15) is 45.3 Å². The number of nitrogens with one attached hydrogen (secondary N) is 1. The van der Waals surface area contributed by atoms with Gasteiger partial charge in [-0.25, -0.2) is 0 Å². The second-order valence-corrected chi connectivity index (χ2v) is 4.36. The van der Waals surface area contributed by atoms with Gasteiger partial charge < -0.3 is 14.8 Å². The van der Waals surface area contributed by atoms with E-state index in [1.54, 1.807) is 13.3 Å². The van der Waals surface area contributed by atoms with Crippen LogP contribution in [0.3, 0.4) is 0 Å². The van der Waals surface area contributed by atoms with Crippen molar-refractivity contribution < 1.29 is 9.47 Å². The lowest BCUT2D eigenvalue weighted by Crippen LogP contribution is -2.24. The minimum atomic E-state index is 0.267. The number of aryl methyl sites for hydroxylation is 1. The highest BCUT2D eigenvalue weighted by molar-refractivity contribution is 5.28. The highest BCUT2D eigenvalue weighted by Crippen LogP contribution is 2.28. The van der Waals surface area contributed by atoms with Crippen molar-refractivity contribution in [1.82, 2.24) is 15.1 Å². The smallest absolute Gasteiger partial charge is 0.161 e. The molecule has 1 atom stereocenters. The van der Waals surface area contributed by atoms with Crippen LogP contribution < -0.4 is 10.1 Å². The Morgan fingerprint density at radius 1 is 1.37 bits per heavy atom. The Balaban J connectivity index is 2.76. The first kappa shape index (κ1) is 16.0. The molecule has 0 fully saturated rings. The molecule has 0 aliphatic carbocycles. The molecule has 1 unspecified atom stereocenters. The van der Waals surface area contributed by atoms with Crippen LogP contribution in [0.4, 0.5) is 0 Å². The third-order valence-electron chi connectivity index (χ3n) is 3.13. The van der Waals surface area contributed by atoms with Gasteiger partial charge in [-0.05, 0) is 33.2 Å². The average Bonchev–Trinajstić information content (AvgIpc) is 2.85. The van der Waals surface area contributed by atoms with Crippen molar-refractivity contribution in [1.29, 1.82) is 0 Å². The number of methoxy groups -OCH3 is 1. The highest BCUT2D eigenvalue weighted by Gasteiger charge is 2.20. The third-order valence-corrected chi connectivity index (χ3v) is 3.13. The molecule has 0 aliphatic rings. The predicted octanol–water partition coefficient (Wildman–Crippen LogP) is 2.38. The second-order valence-electron chi connectivity index (χ2n) is 4.36. The predicted molar refractivity (Wildman–Crippen MR) is 76.6 cm³/mol. The monoisotopic (exact) mass is 269 g/mol. The summed E-state index contributed by atoms with van der Waals surface area (Å²) in [6.07, 6.45) is 3.85. The lowest BCUT2D eigenvalue weighted by molar-refractivity contribution is 0.140. The minimum Gasteiger partial charge on any atom is -0.493 e. The maximum Gasteiger partial charge on any atom is 0.161 e. The molecule has 0 aromatic carbocycles. The van der Waals surface area contributed by atoms with Crippen LogP contribution in [0.2, 0.25) is 0 Å². The van der Waals surface area contributed by atoms with Crippen molar-refractivity contribution in [3.05, 3.63) is 11.9 Å². The first-order chi connectivity index (χ1) is 9.28. The summed E-state index contributed by atoms with van der Waals surface area (Å²) in [4.78, 5) is 0. The summed E-state index contributed by atoms with van der Waals surface area (Å²) in [5.41, 5.74) is 1.14. The van der Waals surface area contributed by atoms with E-state index in [-0.39, 0.29) is 6.04 Å². The van der Waals surface area contributed by atoms with E-state index in [9.17, 15) is 0 Å². The lowest BCUT2D eigenvalue weighted by Gasteiger charge is -2.20. The van der Waals surface area contributed by atoms with Crippen molar-refractivity contribution in [2.24, 2.45) is 0 Å². The Morgan fingerprint density at radius 2 is 2.16 bits per heavy atom. The molecular weight excluding hydrogens is 242 g/mol. The van der Waals surface area contributed by atoms with Gasteiger partial charge in [0.2, 0.25) is 0 Å². The zero-order valence-corrected chi connectivity index (χ0v) is 12.6. The van der Waals surface area contributed by atoms with Gasteiger partial charge in [0, 0.05) is 19.8 Å². The molecule has 0 bridgehead atoms. The van der Waals surface area contributed by atoms with Gasteiger partial charge in [-0.3, -0.25) is 4.68 Å². The largest absolute Gasteiger partial charge is 0.493 e. The summed E-state index contributed by atoms with van der Waals surface area (Å²) < 4.78 is 12.8. The number of hydrogen-bond donors (Lipinski definition) is 1. The van der Waals surface area contributed by atoms with Gasteiger partial charge >= 0.3 is 0 Å². The molecule has 0 aliphatic heterocycles. The van der Waals surface area contributed by atoms with Gasteiger partial charge in [0.25, 0.3) is 0 Å². The molecule has 5 nitrogen and oxygen atoms in total. The molecule has 1 aromatic heterocycles. The summed E-state index contributed by atoms with van der Waals surface area (Å²) in [5.74, 6) is 0.865. The normalized spacial score (nSPS) is 12.6. The molecule has 5 heteroatoms. The second kappa shape index (κ2) is 8.93. The van der Waals surface area contributed by atoms with Crippen LogP contribution in [0.25, 0.3) is 0 Å². The zero-order valence-electron chi connectivity index (χ0n) is 12.6. The standard InChI is InChI=1S/C14H27N3O2/c1-5-15-12(9-8-10-19-7-3)14-13(18-4)11-16-17(14)6-2/h11-12,15H,5-10H2,1-4H3. The number of rotatable bonds is 10. The Morgan fingerprint density at radius 3 is 2.74 bits per heavy atom. The first-order valence-electron chi connectivity index (χ1n) is 7.19. The van der Waals surface area contributed by atoms with Crippen LogP contribution in [0.15, 0.2) is 6.20 Å². The fourth-order valence-corrected chi connectivity index (χ4v) is 2.25. The van der Waals surface area contributed by atoms with Gasteiger partial charge in [0.15, 0.2) is 5.75 Å². The van der Waals surface area contributed by atoms with E-state index in [0.29, 0.717) is 0 Å². The Bertz CT molecular complexity index is 331. The Kier molecular flexibility index (Phi) is 7.52. The van der Waals surface area contributed by atoms with Crippen LogP contribution in [-0.4, -0.2) is 36.6 Å². The number of ether oxygens (including phenoxy) is 2. The fourth-order valence-electron chi connectivity index (χ4n) is 2.25. The van der Waals surface area contributed by atoms with E-state index >= 15 is 0 Å². The van der Waals surface area contributed by atoms with Crippen molar-refractivity contribution in [2.45, 2.75) is 46.2 Å². The van der Waals surface area contributed by atoms with Crippen molar-refractivity contribution in [3.63, 3.8) is 0 Å². The minimum absolute atomic E-state index is 0.267. The van der Waals surface area contributed by atoms with Crippen LogP contribution in [-0.2, 0) is 11.3 Å². The Labute approximate surface area is 116 Å². The molecule has 0 saturated heterocycles. The molecule has 0 spiro atoms. The van der Waals surface area contributed by atoms with Gasteiger partial charge in [0.05, 0.1) is 25.0 Å². The average molecular weight is 269 g/mol. The van der Waals surface area contributed by atoms with E-state index in [1.165, 1.54) is 0 Å². The number of aromatic nitrogens is 2. The van der Waals surface area contributed by atoms with E-state index in [2.05, 4.69) is 24.3 Å². The van der Waals surface area contributed by atoms with E-state index in [0.717, 1.165) is 50.6 Å². The summed E-state index contributed by atoms with van der Waals surface area (Å²) in [7, 11) is 1.70. The highest BCUT2D eigenvalue weighted by atomic mass is 16.5. The molecule has 19 heavy (non-hydrogen) atoms. The molecule has 1 aromatic rings. The fraction of sp³-hybridized carbons (Fsp3) is 0.786. The van der Waals surface area contributed by atoms with E-state index in [4.69, 9.17) is 9.47 Å². The number of hydrogen-bond acceptors (Lipinski definition) is 4. The van der Waals surface area contributed by atoms with E-state index in [1.807, 2.05) is 11.6 Å². The summed E-state index contributed by atoms with van der Waals surface area (Å²) in [5, 5.41) is 7.89. The molecule has 1 rings (SSSR count). The van der Waals surface area contributed by atoms with Crippen molar-refractivity contribution >= 4 is 0 Å². The summed E-state index contributed by atoms with van der Waals surface area (Å²) in [6.45, 7) is 9.61. The van der Waals surface area contributed by atoms with Gasteiger partial charge in [-0.15, -0.1) is 0 Å². The molecular formula is C14H27N3O2. The van der Waals surface area contributed by atoms with Crippen LogP contribution in [0, 0.1) is 0 Å². The molecule has 0 radical (unpaired) electrons. The maximum atomic E-state index is 5.43. The van der Waals surface area contributed by atoms with Gasteiger partial charge in [0.1, 0.15) is 0 Å². The molecule has 110 valence electrons. The molecule has 1 heterocycles. The molecule has 0 saturated carbocycles. The topological polar surface area (TPSA) is 48.3 Å².